The fourth-order valence-electron chi connectivity index (χ4n) is 1.87. The van der Waals surface area contributed by atoms with Crippen LogP contribution in [0.25, 0.3) is 0 Å². The van der Waals surface area contributed by atoms with Crippen molar-refractivity contribution in [1.29, 1.82) is 5.26 Å². The Morgan fingerprint density at radius 2 is 2.25 bits per heavy atom. The molecule has 0 aromatic heterocycles. The minimum absolute atomic E-state index is 0.248. The Kier molecular flexibility index (Phi) is 6.54. The molecule has 108 valence electrons. The molecule has 0 spiro atoms. The molecule has 1 unspecified atom stereocenters. The van der Waals surface area contributed by atoms with Gasteiger partial charge in [-0.1, -0.05) is 12.1 Å². The summed E-state index contributed by atoms with van der Waals surface area (Å²) in [5.74, 6) is 0.461. The molecule has 0 amide bonds. The van der Waals surface area contributed by atoms with E-state index in [1.54, 1.807) is 14.0 Å². The Balaban J connectivity index is 2.69. The van der Waals surface area contributed by atoms with Crippen LogP contribution >= 0.6 is 0 Å². The summed E-state index contributed by atoms with van der Waals surface area (Å²) in [6.07, 6.45) is 0.270. The Bertz CT molecular complexity index is 482. The second-order valence-electron chi connectivity index (χ2n) is 4.34. The number of benzene rings is 1. The molecule has 0 bridgehead atoms. The number of nitriles is 1. The van der Waals surface area contributed by atoms with Gasteiger partial charge in [-0.05, 0) is 31.7 Å². The molecule has 0 radical (unpaired) electrons. The van der Waals surface area contributed by atoms with Crippen molar-refractivity contribution in [2.45, 2.75) is 19.4 Å². The van der Waals surface area contributed by atoms with Crippen molar-refractivity contribution in [2.75, 3.05) is 27.3 Å². The van der Waals surface area contributed by atoms with Crippen LogP contribution in [0.2, 0.25) is 0 Å². The number of carbonyl (C=O) groups excluding carboxylic acids is 1. The van der Waals surface area contributed by atoms with Gasteiger partial charge in [0.05, 0.1) is 26.2 Å². The van der Waals surface area contributed by atoms with Gasteiger partial charge in [0.25, 0.3) is 0 Å². The fourth-order valence-corrected chi connectivity index (χ4v) is 1.87. The SMILES string of the molecule is CCOC(=O)CCN(C)C(C#N)c1cccc(OC)c1. The smallest absolute Gasteiger partial charge is 0.307 e. The average Bonchev–Trinajstić information content (AvgIpc) is 2.46. The van der Waals surface area contributed by atoms with Crippen LogP contribution in [0.5, 0.6) is 5.75 Å². The van der Waals surface area contributed by atoms with Crippen LogP contribution in [-0.2, 0) is 9.53 Å². The summed E-state index contributed by atoms with van der Waals surface area (Å²) < 4.78 is 10.0. The zero-order chi connectivity index (χ0) is 15.0. The van der Waals surface area contributed by atoms with Gasteiger partial charge in [-0.25, -0.2) is 0 Å². The normalized spacial score (nSPS) is 11.8. The number of hydrogen-bond acceptors (Lipinski definition) is 5. The number of carbonyl (C=O) groups is 1. The molecule has 0 N–H and O–H groups in total. The van der Waals surface area contributed by atoms with Crippen molar-refractivity contribution in [3.8, 4) is 11.8 Å². The van der Waals surface area contributed by atoms with E-state index in [9.17, 15) is 10.1 Å². The van der Waals surface area contributed by atoms with Gasteiger partial charge in [-0.2, -0.15) is 5.26 Å². The van der Waals surface area contributed by atoms with Crippen LogP contribution in [0, 0.1) is 11.3 Å². The van der Waals surface area contributed by atoms with E-state index in [1.807, 2.05) is 36.2 Å². The van der Waals surface area contributed by atoms with Gasteiger partial charge >= 0.3 is 5.97 Å². The molecule has 20 heavy (non-hydrogen) atoms. The Hall–Kier alpha value is -2.06. The molecule has 0 aliphatic heterocycles. The number of rotatable bonds is 7. The Morgan fingerprint density at radius 1 is 1.50 bits per heavy atom. The Labute approximate surface area is 119 Å². The predicted octanol–water partition coefficient (Wildman–Crippen LogP) is 2.14. The summed E-state index contributed by atoms with van der Waals surface area (Å²) in [5, 5.41) is 9.33. The monoisotopic (exact) mass is 276 g/mol. The molecule has 0 fully saturated rings. The highest BCUT2D eigenvalue weighted by Gasteiger charge is 2.18. The molecule has 1 rings (SSSR count). The first-order valence-corrected chi connectivity index (χ1v) is 6.51. The highest BCUT2D eigenvalue weighted by molar-refractivity contribution is 5.69. The van der Waals surface area contributed by atoms with Crippen molar-refractivity contribution in [1.82, 2.24) is 4.90 Å². The maximum absolute atomic E-state index is 11.3. The maximum Gasteiger partial charge on any atom is 0.307 e. The van der Waals surface area contributed by atoms with E-state index >= 15 is 0 Å². The molecular formula is C15H20N2O3. The topological polar surface area (TPSA) is 62.6 Å². The van der Waals surface area contributed by atoms with E-state index in [2.05, 4.69) is 6.07 Å². The summed E-state index contributed by atoms with van der Waals surface area (Å²) in [5.41, 5.74) is 0.846. The van der Waals surface area contributed by atoms with E-state index in [0.29, 0.717) is 18.9 Å². The lowest BCUT2D eigenvalue weighted by molar-refractivity contribution is -0.143. The third kappa shape index (κ3) is 4.56. The van der Waals surface area contributed by atoms with Gasteiger partial charge in [0.1, 0.15) is 11.8 Å². The van der Waals surface area contributed by atoms with Crippen LogP contribution in [0.3, 0.4) is 0 Å². The third-order valence-electron chi connectivity index (χ3n) is 2.95. The average molecular weight is 276 g/mol. The van der Waals surface area contributed by atoms with E-state index < -0.39 is 6.04 Å². The molecule has 0 aliphatic rings. The molecule has 5 heteroatoms. The second-order valence-corrected chi connectivity index (χ2v) is 4.34. The van der Waals surface area contributed by atoms with Crippen molar-refractivity contribution >= 4 is 5.97 Å². The highest BCUT2D eigenvalue weighted by Crippen LogP contribution is 2.22. The van der Waals surface area contributed by atoms with Crippen LogP contribution in [-0.4, -0.2) is 38.2 Å². The number of ether oxygens (including phenoxy) is 2. The summed E-state index contributed by atoms with van der Waals surface area (Å²) in [4.78, 5) is 13.2. The van der Waals surface area contributed by atoms with Gasteiger partial charge in [-0.3, -0.25) is 9.69 Å². The van der Waals surface area contributed by atoms with Crippen molar-refractivity contribution < 1.29 is 14.3 Å². The lowest BCUT2D eigenvalue weighted by Gasteiger charge is -2.22. The lowest BCUT2D eigenvalue weighted by Crippen LogP contribution is -2.26. The molecule has 5 nitrogen and oxygen atoms in total. The van der Waals surface area contributed by atoms with E-state index in [0.717, 1.165) is 5.56 Å². The van der Waals surface area contributed by atoms with Gasteiger partial charge in [-0.15, -0.1) is 0 Å². The van der Waals surface area contributed by atoms with E-state index in [4.69, 9.17) is 9.47 Å². The molecular weight excluding hydrogens is 256 g/mol. The molecule has 1 atom stereocenters. The summed E-state index contributed by atoms with van der Waals surface area (Å²) in [6, 6.07) is 9.20. The predicted molar refractivity (Wildman–Crippen MR) is 75.2 cm³/mol. The largest absolute Gasteiger partial charge is 0.497 e. The number of nitrogens with zero attached hydrogens (tertiary/aromatic N) is 2. The lowest BCUT2D eigenvalue weighted by atomic mass is 10.1. The summed E-state index contributed by atoms with van der Waals surface area (Å²) >= 11 is 0. The van der Waals surface area contributed by atoms with Crippen LogP contribution in [0.15, 0.2) is 24.3 Å². The van der Waals surface area contributed by atoms with Gasteiger partial charge < -0.3 is 9.47 Å². The number of esters is 1. The second kappa shape index (κ2) is 8.18. The number of hydrogen-bond donors (Lipinski definition) is 0. The number of methoxy groups -OCH3 is 1. The fraction of sp³-hybridized carbons (Fsp3) is 0.467. The summed E-state index contributed by atoms with van der Waals surface area (Å²) in [7, 11) is 3.40. The van der Waals surface area contributed by atoms with Gasteiger partial charge in [0, 0.05) is 6.54 Å². The van der Waals surface area contributed by atoms with E-state index in [-0.39, 0.29) is 12.4 Å². The summed E-state index contributed by atoms with van der Waals surface area (Å²) in [6.45, 7) is 2.62. The maximum atomic E-state index is 11.3. The highest BCUT2D eigenvalue weighted by atomic mass is 16.5. The minimum Gasteiger partial charge on any atom is -0.497 e. The van der Waals surface area contributed by atoms with E-state index in [1.165, 1.54) is 0 Å². The first-order chi connectivity index (χ1) is 9.62. The third-order valence-corrected chi connectivity index (χ3v) is 2.95. The van der Waals surface area contributed by atoms with Crippen LogP contribution in [0.4, 0.5) is 0 Å². The first-order valence-electron chi connectivity index (χ1n) is 6.51. The van der Waals surface area contributed by atoms with Gasteiger partial charge in [0.2, 0.25) is 0 Å². The van der Waals surface area contributed by atoms with Crippen molar-refractivity contribution in [3.63, 3.8) is 0 Å². The molecule has 0 heterocycles. The molecule has 0 saturated heterocycles. The molecule has 0 saturated carbocycles. The molecule has 0 aliphatic carbocycles. The standard InChI is InChI=1S/C15H20N2O3/c1-4-20-15(18)8-9-17(2)14(11-16)12-6-5-7-13(10-12)19-3/h5-7,10,14H,4,8-9H2,1-3H3. The van der Waals surface area contributed by atoms with Gasteiger partial charge in [0.15, 0.2) is 0 Å². The quantitative estimate of drug-likeness (QED) is 0.714. The zero-order valence-corrected chi connectivity index (χ0v) is 12.1. The van der Waals surface area contributed by atoms with Crippen molar-refractivity contribution in [2.24, 2.45) is 0 Å². The Morgan fingerprint density at radius 3 is 2.85 bits per heavy atom. The minimum atomic E-state index is -0.417. The zero-order valence-electron chi connectivity index (χ0n) is 12.1. The van der Waals surface area contributed by atoms with Crippen LogP contribution in [0.1, 0.15) is 24.9 Å². The first kappa shape index (κ1) is 16.0. The molecule has 1 aromatic rings. The van der Waals surface area contributed by atoms with Crippen LogP contribution < -0.4 is 4.74 Å². The van der Waals surface area contributed by atoms with Crippen molar-refractivity contribution in [3.05, 3.63) is 29.8 Å². The molecule has 1 aromatic carbocycles.